The van der Waals surface area contributed by atoms with Crippen molar-refractivity contribution in [3.63, 3.8) is 0 Å². The molecule has 1 aliphatic heterocycles. The van der Waals surface area contributed by atoms with Gasteiger partial charge in [0.2, 0.25) is 5.91 Å². The van der Waals surface area contributed by atoms with Crippen LogP contribution in [0.15, 0.2) is 41.8 Å². The highest BCUT2D eigenvalue weighted by Crippen LogP contribution is 2.30. The highest BCUT2D eigenvalue weighted by atomic mass is 32.1. The van der Waals surface area contributed by atoms with Crippen LogP contribution in [0.25, 0.3) is 0 Å². The van der Waals surface area contributed by atoms with Crippen molar-refractivity contribution >= 4 is 23.2 Å². The van der Waals surface area contributed by atoms with Crippen molar-refractivity contribution in [2.24, 2.45) is 0 Å². The number of thiophene rings is 1. The average molecular weight is 362 g/mol. The van der Waals surface area contributed by atoms with Crippen LogP contribution in [-0.4, -0.2) is 48.4 Å². The van der Waals surface area contributed by atoms with E-state index >= 15 is 0 Å². The van der Waals surface area contributed by atoms with Crippen LogP contribution >= 0.6 is 11.3 Å². The van der Waals surface area contributed by atoms with Crippen molar-refractivity contribution in [3.8, 4) is 0 Å². The van der Waals surface area contributed by atoms with Gasteiger partial charge in [-0.2, -0.15) is 0 Å². The Morgan fingerprint density at radius 3 is 2.72 bits per heavy atom. The lowest BCUT2D eigenvalue weighted by Crippen LogP contribution is -2.53. The van der Waals surface area contributed by atoms with Gasteiger partial charge in [-0.05, 0) is 29.1 Å². The first-order valence-electron chi connectivity index (χ1n) is 7.87. The maximum atomic E-state index is 13.2. The molecule has 25 heavy (non-hydrogen) atoms. The predicted octanol–water partition coefficient (Wildman–Crippen LogP) is 2.44. The molecular weight excluding hydrogens is 343 g/mol. The Hall–Kier alpha value is -2.25. The van der Waals surface area contributed by atoms with Crippen molar-refractivity contribution in [3.05, 3.63) is 58.0 Å². The van der Waals surface area contributed by atoms with E-state index in [2.05, 4.69) is 0 Å². The Morgan fingerprint density at radius 2 is 2.08 bits per heavy atom. The second kappa shape index (κ2) is 7.33. The van der Waals surface area contributed by atoms with Crippen molar-refractivity contribution in [2.75, 3.05) is 20.7 Å². The number of ether oxygens (including phenoxy) is 1. The summed E-state index contributed by atoms with van der Waals surface area (Å²) in [5.41, 5.74) is 0.667. The number of halogens is 1. The summed E-state index contributed by atoms with van der Waals surface area (Å²) < 4.78 is 18.8. The fourth-order valence-corrected chi connectivity index (χ4v) is 3.67. The molecule has 132 valence electrons. The minimum atomic E-state index is -0.821. The number of morpholine rings is 1. The largest absolute Gasteiger partial charge is 0.356 e. The number of hydrogen-bond donors (Lipinski definition) is 0. The van der Waals surface area contributed by atoms with Gasteiger partial charge in [0, 0.05) is 19.0 Å². The molecule has 0 radical (unpaired) electrons. The molecule has 2 aromatic rings. The molecule has 1 aromatic carbocycles. The number of hydrogen-bond acceptors (Lipinski definition) is 4. The Balaban J connectivity index is 1.84. The Bertz CT molecular complexity index is 748. The number of amides is 2. The molecule has 1 saturated heterocycles. The monoisotopic (exact) mass is 362 g/mol. The quantitative estimate of drug-likeness (QED) is 0.839. The summed E-state index contributed by atoms with van der Waals surface area (Å²) >= 11 is 1.57. The molecule has 0 bridgehead atoms. The lowest BCUT2D eigenvalue weighted by atomic mass is 9.97. The van der Waals surface area contributed by atoms with Crippen LogP contribution in [0.5, 0.6) is 0 Å². The second-order valence-corrected chi connectivity index (χ2v) is 7.04. The minimum Gasteiger partial charge on any atom is -0.356 e. The maximum Gasteiger partial charge on any atom is 0.254 e. The van der Waals surface area contributed by atoms with Crippen LogP contribution < -0.4 is 0 Å². The van der Waals surface area contributed by atoms with Crippen LogP contribution in [0, 0.1) is 5.82 Å². The molecule has 1 aliphatic rings. The fraction of sp³-hybridized carbons (Fsp3) is 0.333. The zero-order valence-corrected chi connectivity index (χ0v) is 14.8. The first kappa shape index (κ1) is 17.6. The van der Waals surface area contributed by atoms with E-state index in [1.54, 1.807) is 42.5 Å². The van der Waals surface area contributed by atoms with E-state index in [1.165, 1.54) is 17.0 Å². The van der Waals surface area contributed by atoms with Gasteiger partial charge in [-0.1, -0.05) is 18.2 Å². The van der Waals surface area contributed by atoms with Crippen LogP contribution in [0.2, 0.25) is 0 Å². The molecule has 0 spiro atoms. The van der Waals surface area contributed by atoms with Crippen LogP contribution in [-0.2, 0) is 20.9 Å². The standard InChI is InChI=1S/C18H19FN2O3S/c1-20(10-14-4-3-9-25-14)18(23)17-16(21(2)15(22)11-24-17)12-5-7-13(19)8-6-12/h3-9,16-17H,10-11H2,1-2H3/t16-,17-/m1/s1. The van der Waals surface area contributed by atoms with Gasteiger partial charge in [0.25, 0.3) is 5.91 Å². The average Bonchev–Trinajstić information content (AvgIpc) is 3.10. The van der Waals surface area contributed by atoms with Crippen molar-refractivity contribution < 1.29 is 18.7 Å². The number of carbonyl (C=O) groups is 2. The summed E-state index contributed by atoms with van der Waals surface area (Å²) in [6.07, 6.45) is -0.821. The summed E-state index contributed by atoms with van der Waals surface area (Å²) in [5, 5.41) is 1.96. The number of likely N-dealkylation sites (N-methyl/N-ethyl adjacent to an activating group) is 2. The molecule has 1 fully saturated rings. The molecule has 0 N–H and O–H groups in total. The summed E-state index contributed by atoms with van der Waals surface area (Å²) in [6.45, 7) is 0.335. The maximum absolute atomic E-state index is 13.2. The molecule has 2 amide bonds. The zero-order chi connectivity index (χ0) is 18.0. The third-order valence-corrected chi connectivity index (χ3v) is 5.15. The van der Waals surface area contributed by atoms with Gasteiger partial charge < -0.3 is 14.5 Å². The van der Waals surface area contributed by atoms with Crippen molar-refractivity contribution in [2.45, 2.75) is 18.7 Å². The third kappa shape index (κ3) is 3.72. The van der Waals surface area contributed by atoms with Crippen LogP contribution in [0.3, 0.4) is 0 Å². The van der Waals surface area contributed by atoms with Crippen molar-refractivity contribution in [1.82, 2.24) is 9.80 Å². The number of rotatable bonds is 4. The van der Waals surface area contributed by atoms with E-state index in [0.717, 1.165) is 4.88 Å². The number of nitrogens with zero attached hydrogens (tertiary/aromatic N) is 2. The van der Waals surface area contributed by atoms with Gasteiger partial charge >= 0.3 is 0 Å². The smallest absolute Gasteiger partial charge is 0.254 e. The van der Waals surface area contributed by atoms with Gasteiger partial charge in [-0.3, -0.25) is 9.59 Å². The van der Waals surface area contributed by atoms with E-state index in [0.29, 0.717) is 12.1 Å². The van der Waals surface area contributed by atoms with E-state index in [9.17, 15) is 14.0 Å². The van der Waals surface area contributed by atoms with E-state index in [1.807, 2.05) is 17.5 Å². The second-order valence-electron chi connectivity index (χ2n) is 6.01. The molecule has 0 aliphatic carbocycles. The van der Waals surface area contributed by atoms with Gasteiger partial charge in [-0.25, -0.2) is 4.39 Å². The van der Waals surface area contributed by atoms with Gasteiger partial charge in [0.15, 0.2) is 6.10 Å². The lowest BCUT2D eigenvalue weighted by Gasteiger charge is -2.39. The Morgan fingerprint density at radius 1 is 1.36 bits per heavy atom. The van der Waals surface area contributed by atoms with E-state index in [-0.39, 0.29) is 24.2 Å². The van der Waals surface area contributed by atoms with Crippen molar-refractivity contribution in [1.29, 1.82) is 0 Å². The number of carbonyl (C=O) groups excluding carboxylic acids is 2. The van der Waals surface area contributed by atoms with Crippen LogP contribution in [0.1, 0.15) is 16.5 Å². The van der Waals surface area contributed by atoms with Gasteiger partial charge in [-0.15, -0.1) is 11.3 Å². The molecule has 2 atom stereocenters. The Kier molecular flexibility index (Phi) is 5.15. The fourth-order valence-electron chi connectivity index (χ4n) is 2.91. The topological polar surface area (TPSA) is 49.9 Å². The summed E-state index contributed by atoms with van der Waals surface area (Å²) in [4.78, 5) is 29.1. The highest BCUT2D eigenvalue weighted by molar-refractivity contribution is 7.09. The Labute approximate surface area is 149 Å². The summed E-state index contributed by atoms with van der Waals surface area (Å²) in [6, 6.07) is 9.11. The molecule has 0 saturated carbocycles. The third-order valence-electron chi connectivity index (χ3n) is 4.29. The number of benzene rings is 1. The molecule has 3 rings (SSSR count). The highest BCUT2D eigenvalue weighted by Gasteiger charge is 2.41. The first-order valence-corrected chi connectivity index (χ1v) is 8.75. The summed E-state index contributed by atoms with van der Waals surface area (Å²) in [5.74, 6) is -0.784. The first-order chi connectivity index (χ1) is 12.0. The summed E-state index contributed by atoms with van der Waals surface area (Å²) in [7, 11) is 3.35. The SMILES string of the molecule is CN(Cc1cccs1)C(=O)[C@@H]1OCC(=O)N(C)[C@@H]1c1ccc(F)cc1. The zero-order valence-electron chi connectivity index (χ0n) is 14.0. The normalized spacial score (nSPS) is 20.6. The van der Waals surface area contributed by atoms with E-state index < -0.39 is 12.1 Å². The lowest BCUT2D eigenvalue weighted by molar-refractivity contribution is -0.167. The minimum absolute atomic E-state index is 0.141. The predicted molar refractivity (Wildman–Crippen MR) is 92.4 cm³/mol. The molecule has 7 heteroatoms. The molecule has 5 nitrogen and oxygen atoms in total. The van der Waals surface area contributed by atoms with E-state index in [4.69, 9.17) is 4.74 Å². The molecule has 2 heterocycles. The molecule has 0 unspecified atom stereocenters. The van der Waals surface area contributed by atoms with Crippen LogP contribution in [0.4, 0.5) is 4.39 Å². The van der Waals surface area contributed by atoms with Gasteiger partial charge in [0.1, 0.15) is 12.4 Å². The molecule has 1 aromatic heterocycles. The molecular formula is C18H19FN2O3S. The van der Waals surface area contributed by atoms with Gasteiger partial charge in [0.05, 0.1) is 12.6 Å².